The fraction of sp³-hybridized carbons (Fsp3) is 0.318. The number of pyridine rings is 1. The zero-order chi connectivity index (χ0) is 23.0. The summed E-state index contributed by atoms with van der Waals surface area (Å²) in [6.45, 7) is 2.84. The zero-order valence-corrected chi connectivity index (χ0v) is 17.6. The van der Waals surface area contributed by atoms with Gasteiger partial charge in [0.15, 0.2) is 0 Å². The first kappa shape index (κ1) is 21.7. The van der Waals surface area contributed by atoms with Gasteiger partial charge in [-0.2, -0.15) is 0 Å². The molecule has 2 amide bonds. The minimum Gasteiger partial charge on any atom is -0.453 e. The summed E-state index contributed by atoms with van der Waals surface area (Å²) in [5, 5.41) is 0. The number of aryl methyl sites for hydroxylation is 1. The highest BCUT2D eigenvalue weighted by molar-refractivity contribution is 5.93. The predicted octanol–water partition coefficient (Wildman–Crippen LogP) is 2.70. The Kier molecular flexibility index (Phi) is 5.79. The number of carbonyl (C=O) groups excluding carboxylic acids is 2. The summed E-state index contributed by atoms with van der Waals surface area (Å²) in [6.07, 6.45) is 1.11. The third-order valence-corrected chi connectivity index (χ3v) is 5.44. The van der Waals surface area contributed by atoms with Crippen molar-refractivity contribution < 1.29 is 27.8 Å². The molecule has 0 spiro atoms. The van der Waals surface area contributed by atoms with Gasteiger partial charge < -0.3 is 24.5 Å². The summed E-state index contributed by atoms with van der Waals surface area (Å²) in [5.74, 6) is -2.82. The van der Waals surface area contributed by atoms with Crippen LogP contribution in [0.5, 0.6) is 0 Å². The van der Waals surface area contributed by atoms with Crippen LogP contribution in [0.3, 0.4) is 0 Å². The van der Waals surface area contributed by atoms with Crippen molar-refractivity contribution in [3.63, 3.8) is 0 Å². The van der Waals surface area contributed by atoms with E-state index >= 15 is 0 Å². The van der Waals surface area contributed by atoms with E-state index in [2.05, 4.69) is 4.98 Å². The lowest BCUT2D eigenvalue weighted by Gasteiger charge is -2.32. The van der Waals surface area contributed by atoms with Gasteiger partial charge in [0.2, 0.25) is 5.91 Å². The molecule has 2 N–H and O–H groups in total. The number of halogens is 2. The molecular weight excluding hydrogens is 422 g/mol. The Morgan fingerprint density at radius 2 is 2.00 bits per heavy atom. The van der Waals surface area contributed by atoms with Gasteiger partial charge in [0, 0.05) is 24.7 Å². The van der Waals surface area contributed by atoms with Crippen LogP contribution in [0.4, 0.5) is 13.6 Å². The number of methoxy groups -OCH3 is 1. The molecule has 1 fully saturated rings. The second kappa shape index (κ2) is 8.54. The van der Waals surface area contributed by atoms with Crippen LogP contribution in [0, 0.1) is 18.6 Å². The number of nitrogens with zero attached hydrogens (tertiary/aromatic N) is 3. The Morgan fingerprint density at radius 1 is 1.28 bits per heavy atom. The van der Waals surface area contributed by atoms with E-state index in [4.69, 9.17) is 15.2 Å². The maximum atomic E-state index is 14.9. The van der Waals surface area contributed by atoms with Crippen LogP contribution >= 0.6 is 0 Å². The third kappa shape index (κ3) is 4.01. The average Bonchev–Trinajstić information content (AvgIpc) is 3.09. The Hall–Kier alpha value is -3.53. The van der Waals surface area contributed by atoms with Gasteiger partial charge in [0.1, 0.15) is 17.3 Å². The van der Waals surface area contributed by atoms with E-state index in [0.717, 1.165) is 17.7 Å². The summed E-state index contributed by atoms with van der Waals surface area (Å²) in [5.41, 5.74) is 6.59. The minimum absolute atomic E-state index is 0.0976. The molecule has 0 radical (unpaired) electrons. The lowest BCUT2D eigenvalue weighted by molar-refractivity contribution is -0.0241. The van der Waals surface area contributed by atoms with Crippen molar-refractivity contribution in [1.82, 2.24) is 14.3 Å². The molecule has 4 rings (SSSR count). The molecule has 1 aromatic carbocycles. The summed E-state index contributed by atoms with van der Waals surface area (Å²) >= 11 is 0. The molecule has 1 aliphatic heterocycles. The first-order chi connectivity index (χ1) is 15.3. The number of primary amides is 1. The van der Waals surface area contributed by atoms with E-state index in [-0.39, 0.29) is 29.8 Å². The van der Waals surface area contributed by atoms with Crippen LogP contribution < -0.4 is 5.73 Å². The van der Waals surface area contributed by atoms with Crippen LogP contribution in [0.2, 0.25) is 0 Å². The van der Waals surface area contributed by atoms with E-state index in [1.807, 2.05) is 13.0 Å². The number of nitrogens with two attached hydrogens (primary N) is 1. The number of fused-ring (bicyclic) bond motifs is 1. The molecule has 0 aliphatic carbocycles. The monoisotopic (exact) mass is 444 g/mol. The predicted molar refractivity (Wildman–Crippen MR) is 111 cm³/mol. The largest absolute Gasteiger partial charge is 0.453 e. The zero-order valence-electron chi connectivity index (χ0n) is 17.6. The van der Waals surface area contributed by atoms with E-state index < -0.39 is 29.7 Å². The highest BCUT2D eigenvalue weighted by Gasteiger charge is 2.29. The van der Waals surface area contributed by atoms with Gasteiger partial charge >= 0.3 is 6.09 Å². The summed E-state index contributed by atoms with van der Waals surface area (Å²) in [6, 6.07) is 5.45. The fourth-order valence-corrected chi connectivity index (χ4v) is 3.89. The van der Waals surface area contributed by atoms with Gasteiger partial charge in [-0.3, -0.25) is 4.79 Å². The van der Waals surface area contributed by atoms with Crippen molar-refractivity contribution in [3.8, 4) is 11.3 Å². The van der Waals surface area contributed by atoms with E-state index in [9.17, 15) is 18.4 Å². The van der Waals surface area contributed by atoms with Crippen LogP contribution in [0.25, 0.3) is 16.9 Å². The number of rotatable bonds is 4. The van der Waals surface area contributed by atoms with Crippen molar-refractivity contribution in [3.05, 3.63) is 58.9 Å². The molecular formula is C22H22F2N4O4. The average molecular weight is 444 g/mol. The Labute approximate surface area is 182 Å². The molecule has 0 saturated carbocycles. The number of benzene rings is 1. The van der Waals surface area contributed by atoms with Crippen molar-refractivity contribution in [1.29, 1.82) is 0 Å². The summed E-state index contributed by atoms with van der Waals surface area (Å²) < 4.78 is 42.2. The third-order valence-electron chi connectivity index (χ3n) is 5.44. The maximum Gasteiger partial charge on any atom is 0.409 e. The lowest BCUT2D eigenvalue weighted by atomic mass is 10.0. The Balaban J connectivity index is 1.80. The van der Waals surface area contributed by atoms with Gasteiger partial charge in [-0.1, -0.05) is 0 Å². The highest BCUT2D eigenvalue weighted by atomic mass is 19.1. The molecule has 168 valence electrons. The minimum atomic E-state index is -0.944. The number of carbonyl (C=O) groups is 2. The molecule has 3 aromatic rings. The summed E-state index contributed by atoms with van der Waals surface area (Å²) in [7, 11) is 1.30. The van der Waals surface area contributed by atoms with Crippen LogP contribution in [0.15, 0.2) is 30.5 Å². The number of amides is 2. The van der Waals surface area contributed by atoms with Crippen molar-refractivity contribution in [2.45, 2.75) is 19.4 Å². The molecule has 32 heavy (non-hydrogen) atoms. The molecule has 1 atom stereocenters. The molecule has 1 unspecified atom stereocenters. The number of morpholine rings is 1. The molecule has 1 aliphatic rings. The maximum absolute atomic E-state index is 14.9. The molecule has 1 saturated heterocycles. The van der Waals surface area contributed by atoms with Crippen LogP contribution in [-0.4, -0.2) is 59.2 Å². The molecule has 10 heteroatoms. The first-order valence-electron chi connectivity index (χ1n) is 9.99. The normalized spacial score (nSPS) is 16.4. The first-order valence-corrected chi connectivity index (χ1v) is 9.99. The molecule has 3 heterocycles. The molecule has 8 nitrogen and oxygen atoms in total. The SMILES string of the molecule is COC(=O)N1CCOC(Cc2c(-c3c(F)cc(C(N)=O)cc3F)nc3cc(C)ccn23)C1. The van der Waals surface area contributed by atoms with Crippen LogP contribution in [-0.2, 0) is 15.9 Å². The van der Waals surface area contributed by atoms with Crippen molar-refractivity contribution in [2.24, 2.45) is 5.73 Å². The quantitative estimate of drug-likeness (QED) is 0.667. The number of ether oxygens (including phenoxy) is 2. The summed E-state index contributed by atoms with van der Waals surface area (Å²) in [4.78, 5) is 29.3. The van der Waals surface area contributed by atoms with Gasteiger partial charge in [-0.25, -0.2) is 18.6 Å². The van der Waals surface area contributed by atoms with Gasteiger partial charge in [0.25, 0.3) is 0 Å². The van der Waals surface area contributed by atoms with Gasteiger partial charge in [0.05, 0.1) is 43.3 Å². The number of aromatic nitrogens is 2. The van der Waals surface area contributed by atoms with E-state index in [1.54, 1.807) is 16.7 Å². The highest BCUT2D eigenvalue weighted by Crippen LogP contribution is 2.32. The topological polar surface area (TPSA) is 99.2 Å². The van der Waals surface area contributed by atoms with Crippen molar-refractivity contribution >= 4 is 17.6 Å². The Bertz CT molecular complexity index is 1190. The lowest BCUT2D eigenvalue weighted by Crippen LogP contribution is -2.46. The second-order valence-electron chi connectivity index (χ2n) is 7.63. The molecule has 0 bridgehead atoms. The standard InChI is InChI=1S/C22H22F2N4O4/c1-12-3-4-28-17(10-14-11-27(5-6-32-14)22(30)31-2)20(26-18(28)7-12)19-15(23)8-13(21(25)29)9-16(19)24/h3-4,7-9,14H,5-6,10-11H2,1-2H3,(H2,25,29). The van der Waals surface area contributed by atoms with E-state index in [1.165, 1.54) is 12.0 Å². The number of imidazole rings is 1. The Morgan fingerprint density at radius 3 is 2.66 bits per heavy atom. The van der Waals surface area contributed by atoms with Crippen molar-refractivity contribution in [2.75, 3.05) is 26.8 Å². The van der Waals surface area contributed by atoms with Gasteiger partial charge in [-0.15, -0.1) is 0 Å². The van der Waals surface area contributed by atoms with Gasteiger partial charge in [-0.05, 0) is 36.8 Å². The van der Waals surface area contributed by atoms with Crippen LogP contribution in [0.1, 0.15) is 21.6 Å². The van der Waals surface area contributed by atoms with E-state index in [0.29, 0.717) is 24.5 Å². The second-order valence-corrected chi connectivity index (χ2v) is 7.63. The molecule has 2 aromatic heterocycles. The smallest absolute Gasteiger partial charge is 0.409 e. The fourth-order valence-electron chi connectivity index (χ4n) is 3.89. The number of hydrogen-bond donors (Lipinski definition) is 1. The number of hydrogen-bond acceptors (Lipinski definition) is 5.